The molecule has 1 aromatic carbocycles. The molecule has 0 aliphatic carbocycles. The van der Waals surface area contributed by atoms with Crippen LogP contribution in [0, 0.1) is 0 Å². The zero-order valence-corrected chi connectivity index (χ0v) is 10.6. The molecule has 0 aromatic heterocycles. The standard InChI is InChI=1S/C13H17NO5/c1-19-11-5-3-2-4-9(11)8-12(16)14-7-6-10(15)13(17)18/h2-5,10,15H,6-8H2,1H3,(H,14,16)(H,17,18)/t10-/m0/s1. The van der Waals surface area contributed by atoms with E-state index < -0.39 is 12.1 Å². The molecule has 104 valence electrons. The van der Waals surface area contributed by atoms with Gasteiger partial charge in [0.1, 0.15) is 5.75 Å². The molecule has 1 amide bonds. The first-order valence-electron chi connectivity index (χ1n) is 5.84. The van der Waals surface area contributed by atoms with Gasteiger partial charge in [0.15, 0.2) is 6.10 Å². The van der Waals surface area contributed by atoms with Crippen LogP contribution in [0.25, 0.3) is 0 Å². The van der Waals surface area contributed by atoms with Crippen LogP contribution in [-0.4, -0.2) is 41.8 Å². The Morgan fingerprint density at radius 2 is 2.05 bits per heavy atom. The van der Waals surface area contributed by atoms with E-state index in [-0.39, 0.29) is 25.3 Å². The maximum absolute atomic E-state index is 11.6. The molecule has 6 heteroatoms. The van der Waals surface area contributed by atoms with Gasteiger partial charge in [-0.3, -0.25) is 4.79 Å². The topological polar surface area (TPSA) is 95.9 Å². The summed E-state index contributed by atoms with van der Waals surface area (Å²) in [4.78, 5) is 22.0. The largest absolute Gasteiger partial charge is 0.496 e. The summed E-state index contributed by atoms with van der Waals surface area (Å²) in [5.74, 6) is -0.913. The van der Waals surface area contributed by atoms with Gasteiger partial charge in [-0.2, -0.15) is 0 Å². The lowest BCUT2D eigenvalue weighted by Gasteiger charge is -2.09. The third-order valence-corrected chi connectivity index (χ3v) is 2.57. The molecule has 1 rings (SSSR count). The number of aliphatic hydroxyl groups is 1. The first-order chi connectivity index (χ1) is 9.04. The molecule has 19 heavy (non-hydrogen) atoms. The summed E-state index contributed by atoms with van der Waals surface area (Å²) >= 11 is 0. The second kappa shape index (κ2) is 7.38. The van der Waals surface area contributed by atoms with E-state index in [9.17, 15) is 9.59 Å². The normalized spacial score (nSPS) is 11.7. The first kappa shape index (κ1) is 15.0. The molecule has 0 bridgehead atoms. The molecule has 0 fully saturated rings. The quantitative estimate of drug-likeness (QED) is 0.655. The number of carboxylic acid groups (broad SMARTS) is 1. The van der Waals surface area contributed by atoms with Crippen molar-refractivity contribution in [3.8, 4) is 5.75 Å². The lowest BCUT2D eigenvalue weighted by Crippen LogP contribution is -2.31. The zero-order chi connectivity index (χ0) is 14.3. The van der Waals surface area contributed by atoms with Crippen molar-refractivity contribution in [3.05, 3.63) is 29.8 Å². The summed E-state index contributed by atoms with van der Waals surface area (Å²) in [6, 6.07) is 7.16. The summed E-state index contributed by atoms with van der Waals surface area (Å²) < 4.78 is 5.12. The van der Waals surface area contributed by atoms with Crippen LogP contribution in [0.4, 0.5) is 0 Å². The summed E-state index contributed by atoms with van der Waals surface area (Å²) in [7, 11) is 1.53. The number of carboxylic acids is 1. The highest BCUT2D eigenvalue weighted by Crippen LogP contribution is 2.17. The number of nitrogens with one attached hydrogen (secondary N) is 1. The van der Waals surface area contributed by atoms with Crippen LogP contribution >= 0.6 is 0 Å². The van der Waals surface area contributed by atoms with Gasteiger partial charge in [-0.15, -0.1) is 0 Å². The molecule has 0 saturated heterocycles. The number of carbonyl (C=O) groups excluding carboxylic acids is 1. The fourth-order valence-corrected chi connectivity index (χ4v) is 1.56. The molecule has 1 atom stereocenters. The van der Waals surface area contributed by atoms with Crippen molar-refractivity contribution in [2.75, 3.05) is 13.7 Å². The third-order valence-electron chi connectivity index (χ3n) is 2.57. The second-order valence-corrected chi connectivity index (χ2v) is 3.98. The summed E-state index contributed by atoms with van der Waals surface area (Å²) in [5.41, 5.74) is 0.751. The number of ether oxygens (including phenoxy) is 1. The van der Waals surface area contributed by atoms with E-state index in [0.717, 1.165) is 5.56 Å². The van der Waals surface area contributed by atoms with Gasteiger partial charge in [0.25, 0.3) is 0 Å². The first-order valence-corrected chi connectivity index (χ1v) is 5.84. The van der Waals surface area contributed by atoms with Gasteiger partial charge in [0, 0.05) is 18.5 Å². The van der Waals surface area contributed by atoms with E-state index in [0.29, 0.717) is 5.75 Å². The van der Waals surface area contributed by atoms with Gasteiger partial charge >= 0.3 is 5.97 Å². The van der Waals surface area contributed by atoms with Crippen LogP contribution < -0.4 is 10.1 Å². The number of rotatable bonds is 7. The van der Waals surface area contributed by atoms with E-state index >= 15 is 0 Å². The molecular formula is C13H17NO5. The van der Waals surface area contributed by atoms with Crippen molar-refractivity contribution in [2.24, 2.45) is 0 Å². The number of carbonyl (C=O) groups is 2. The van der Waals surface area contributed by atoms with Crippen molar-refractivity contribution in [3.63, 3.8) is 0 Å². The van der Waals surface area contributed by atoms with Gasteiger partial charge in [0.05, 0.1) is 13.5 Å². The molecule has 1 aromatic rings. The van der Waals surface area contributed by atoms with Gasteiger partial charge in [-0.25, -0.2) is 4.79 Å². The number of benzene rings is 1. The number of amides is 1. The zero-order valence-electron chi connectivity index (χ0n) is 10.6. The highest BCUT2D eigenvalue weighted by molar-refractivity contribution is 5.79. The molecule has 0 aliphatic heterocycles. The molecular weight excluding hydrogens is 250 g/mol. The maximum atomic E-state index is 11.6. The fourth-order valence-electron chi connectivity index (χ4n) is 1.56. The monoisotopic (exact) mass is 267 g/mol. The smallest absolute Gasteiger partial charge is 0.332 e. The number of methoxy groups -OCH3 is 1. The number of para-hydroxylation sites is 1. The van der Waals surface area contributed by atoms with Crippen LogP contribution in [0.3, 0.4) is 0 Å². The van der Waals surface area contributed by atoms with Crippen molar-refractivity contribution in [1.29, 1.82) is 0 Å². The lowest BCUT2D eigenvalue weighted by molar-refractivity contribution is -0.147. The Balaban J connectivity index is 2.41. The van der Waals surface area contributed by atoms with E-state index in [1.54, 1.807) is 18.2 Å². The Morgan fingerprint density at radius 3 is 2.68 bits per heavy atom. The second-order valence-electron chi connectivity index (χ2n) is 3.98. The summed E-state index contributed by atoms with van der Waals surface area (Å²) in [6.45, 7) is 0.113. The van der Waals surface area contributed by atoms with Crippen LogP contribution in [-0.2, 0) is 16.0 Å². The number of hydrogen-bond donors (Lipinski definition) is 3. The Morgan fingerprint density at radius 1 is 1.37 bits per heavy atom. The average molecular weight is 267 g/mol. The summed E-state index contributed by atoms with van der Waals surface area (Å²) in [5, 5.41) is 20.1. The molecule has 0 spiro atoms. The fraction of sp³-hybridized carbons (Fsp3) is 0.385. The van der Waals surface area contributed by atoms with Gasteiger partial charge in [-0.05, 0) is 6.07 Å². The highest BCUT2D eigenvalue weighted by Gasteiger charge is 2.13. The van der Waals surface area contributed by atoms with E-state index in [1.165, 1.54) is 7.11 Å². The summed E-state index contributed by atoms with van der Waals surface area (Å²) in [6.07, 6.45) is -1.33. The van der Waals surface area contributed by atoms with Crippen LogP contribution in [0.5, 0.6) is 5.75 Å². The Labute approximate surface area is 111 Å². The van der Waals surface area contributed by atoms with Crippen molar-refractivity contribution < 1.29 is 24.5 Å². The molecule has 6 nitrogen and oxygen atoms in total. The van der Waals surface area contributed by atoms with Gasteiger partial charge < -0.3 is 20.3 Å². The minimum atomic E-state index is -1.45. The Kier molecular flexibility index (Phi) is 5.81. The third kappa shape index (κ3) is 4.97. The SMILES string of the molecule is COc1ccccc1CC(=O)NCC[C@H](O)C(=O)O. The van der Waals surface area contributed by atoms with Crippen LogP contribution in [0.2, 0.25) is 0 Å². The van der Waals surface area contributed by atoms with E-state index in [4.69, 9.17) is 14.9 Å². The number of aliphatic hydroxyl groups excluding tert-OH is 1. The lowest BCUT2D eigenvalue weighted by atomic mass is 10.1. The predicted molar refractivity (Wildman–Crippen MR) is 68.0 cm³/mol. The van der Waals surface area contributed by atoms with Gasteiger partial charge in [0.2, 0.25) is 5.91 Å². The van der Waals surface area contributed by atoms with Crippen molar-refractivity contribution >= 4 is 11.9 Å². The minimum Gasteiger partial charge on any atom is -0.496 e. The molecule has 0 saturated carbocycles. The Hall–Kier alpha value is -2.08. The molecule has 0 unspecified atom stereocenters. The van der Waals surface area contributed by atoms with Crippen LogP contribution in [0.1, 0.15) is 12.0 Å². The van der Waals surface area contributed by atoms with Crippen molar-refractivity contribution in [1.82, 2.24) is 5.32 Å². The average Bonchev–Trinajstić information content (AvgIpc) is 2.39. The van der Waals surface area contributed by atoms with E-state index in [2.05, 4.69) is 5.32 Å². The number of aliphatic carboxylic acids is 1. The van der Waals surface area contributed by atoms with Gasteiger partial charge in [-0.1, -0.05) is 18.2 Å². The van der Waals surface area contributed by atoms with E-state index in [1.807, 2.05) is 6.07 Å². The highest BCUT2D eigenvalue weighted by atomic mass is 16.5. The molecule has 0 heterocycles. The molecule has 0 radical (unpaired) electrons. The Bertz CT molecular complexity index is 446. The predicted octanol–water partition coefficient (Wildman–Crippen LogP) is 0.189. The molecule has 0 aliphatic rings. The maximum Gasteiger partial charge on any atom is 0.332 e. The van der Waals surface area contributed by atoms with Crippen molar-refractivity contribution in [2.45, 2.75) is 18.9 Å². The molecule has 3 N–H and O–H groups in total. The number of hydrogen-bond acceptors (Lipinski definition) is 4. The minimum absolute atomic E-state index is 0.0208. The van der Waals surface area contributed by atoms with Crippen LogP contribution in [0.15, 0.2) is 24.3 Å².